The molecule has 0 aromatic carbocycles. The molecule has 2 aliphatic heterocycles. The normalized spacial score (nSPS) is 40.3. The SMILES string of the molecule is CC1CCC(CN)CN1C1CCOC1. The molecular formula is C11H22N2O. The van der Waals surface area contributed by atoms with Crippen LogP contribution in [0, 0.1) is 5.92 Å². The van der Waals surface area contributed by atoms with E-state index in [2.05, 4.69) is 11.8 Å². The third kappa shape index (κ3) is 2.10. The number of piperidine rings is 1. The second kappa shape index (κ2) is 4.60. The van der Waals surface area contributed by atoms with Gasteiger partial charge in [-0.3, -0.25) is 4.90 Å². The van der Waals surface area contributed by atoms with Crippen molar-refractivity contribution in [3.05, 3.63) is 0 Å². The summed E-state index contributed by atoms with van der Waals surface area (Å²) in [7, 11) is 0. The largest absolute Gasteiger partial charge is 0.380 e. The van der Waals surface area contributed by atoms with Crippen molar-refractivity contribution in [3.8, 4) is 0 Å². The topological polar surface area (TPSA) is 38.5 Å². The van der Waals surface area contributed by atoms with Crippen LogP contribution in [-0.4, -0.2) is 43.3 Å². The summed E-state index contributed by atoms with van der Waals surface area (Å²) in [6.07, 6.45) is 3.82. The van der Waals surface area contributed by atoms with Crippen LogP contribution < -0.4 is 5.73 Å². The van der Waals surface area contributed by atoms with E-state index in [1.54, 1.807) is 0 Å². The summed E-state index contributed by atoms with van der Waals surface area (Å²) in [5, 5.41) is 0. The molecule has 14 heavy (non-hydrogen) atoms. The minimum atomic E-state index is 0.666. The Labute approximate surface area is 86.6 Å². The molecule has 0 aliphatic carbocycles. The van der Waals surface area contributed by atoms with E-state index in [0.29, 0.717) is 12.0 Å². The quantitative estimate of drug-likeness (QED) is 0.714. The van der Waals surface area contributed by atoms with E-state index in [9.17, 15) is 0 Å². The van der Waals surface area contributed by atoms with Gasteiger partial charge in [0.05, 0.1) is 6.61 Å². The molecule has 0 spiro atoms. The number of rotatable bonds is 2. The predicted octanol–water partition coefficient (Wildman–Crippen LogP) is 0.834. The molecule has 0 bridgehead atoms. The molecule has 2 aliphatic rings. The van der Waals surface area contributed by atoms with Crippen molar-refractivity contribution in [1.29, 1.82) is 0 Å². The Bertz CT molecular complexity index is 180. The first kappa shape index (κ1) is 10.4. The highest BCUT2D eigenvalue weighted by Gasteiger charge is 2.31. The van der Waals surface area contributed by atoms with E-state index in [-0.39, 0.29) is 0 Å². The van der Waals surface area contributed by atoms with E-state index in [1.165, 1.54) is 25.8 Å². The van der Waals surface area contributed by atoms with Gasteiger partial charge >= 0.3 is 0 Å². The van der Waals surface area contributed by atoms with Crippen molar-refractivity contribution in [1.82, 2.24) is 4.90 Å². The maximum absolute atomic E-state index is 5.75. The molecule has 0 aromatic rings. The minimum absolute atomic E-state index is 0.666. The molecule has 2 saturated heterocycles. The molecule has 0 aromatic heterocycles. The van der Waals surface area contributed by atoms with Crippen molar-refractivity contribution >= 4 is 0 Å². The summed E-state index contributed by atoms with van der Waals surface area (Å²) in [4.78, 5) is 2.62. The van der Waals surface area contributed by atoms with Gasteiger partial charge in [0.2, 0.25) is 0 Å². The zero-order valence-corrected chi connectivity index (χ0v) is 9.11. The first-order valence-corrected chi connectivity index (χ1v) is 5.85. The summed E-state index contributed by atoms with van der Waals surface area (Å²) in [5.74, 6) is 0.715. The average molecular weight is 198 g/mol. The lowest BCUT2D eigenvalue weighted by molar-refractivity contribution is 0.0640. The van der Waals surface area contributed by atoms with E-state index >= 15 is 0 Å². The number of nitrogens with two attached hydrogens (primary N) is 1. The van der Waals surface area contributed by atoms with Gasteiger partial charge < -0.3 is 10.5 Å². The first-order valence-electron chi connectivity index (χ1n) is 5.85. The maximum atomic E-state index is 5.75. The molecule has 2 fully saturated rings. The van der Waals surface area contributed by atoms with Crippen LogP contribution in [0.5, 0.6) is 0 Å². The minimum Gasteiger partial charge on any atom is -0.380 e. The van der Waals surface area contributed by atoms with Crippen LogP contribution in [0.15, 0.2) is 0 Å². The van der Waals surface area contributed by atoms with Crippen LogP contribution in [0.25, 0.3) is 0 Å². The molecule has 82 valence electrons. The Morgan fingerprint density at radius 3 is 2.86 bits per heavy atom. The van der Waals surface area contributed by atoms with Crippen molar-refractivity contribution < 1.29 is 4.74 Å². The van der Waals surface area contributed by atoms with Crippen molar-refractivity contribution in [2.45, 2.75) is 38.3 Å². The summed E-state index contributed by atoms with van der Waals surface area (Å²) in [6, 6.07) is 1.39. The van der Waals surface area contributed by atoms with Crippen LogP contribution in [-0.2, 0) is 4.74 Å². The highest BCUT2D eigenvalue weighted by Crippen LogP contribution is 2.26. The van der Waals surface area contributed by atoms with Gasteiger partial charge in [-0.15, -0.1) is 0 Å². The molecular weight excluding hydrogens is 176 g/mol. The fraction of sp³-hybridized carbons (Fsp3) is 1.00. The Hall–Kier alpha value is -0.120. The van der Waals surface area contributed by atoms with Crippen molar-refractivity contribution in [2.24, 2.45) is 11.7 Å². The zero-order valence-electron chi connectivity index (χ0n) is 9.11. The number of nitrogens with zero attached hydrogens (tertiary/aromatic N) is 1. The molecule has 2 heterocycles. The Balaban J connectivity index is 1.93. The number of hydrogen-bond acceptors (Lipinski definition) is 3. The highest BCUT2D eigenvalue weighted by molar-refractivity contribution is 4.86. The lowest BCUT2D eigenvalue weighted by Gasteiger charge is -2.40. The molecule has 3 nitrogen and oxygen atoms in total. The molecule has 2 rings (SSSR count). The lowest BCUT2D eigenvalue weighted by atomic mass is 9.92. The highest BCUT2D eigenvalue weighted by atomic mass is 16.5. The van der Waals surface area contributed by atoms with Gasteiger partial charge in [-0.05, 0) is 38.6 Å². The van der Waals surface area contributed by atoms with Gasteiger partial charge in [0.1, 0.15) is 0 Å². The number of hydrogen-bond donors (Lipinski definition) is 1. The van der Waals surface area contributed by atoms with Gasteiger partial charge in [-0.2, -0.15) is 0 Å². The van der Waals surface area contributed by atoms with Gasteiger partial charge in [0.15, 0.2) is 0 Å². The summed E-state index contributed by atoms with van der Waals surface area (Å²) in [6.45, 7) is 6.25. The molecule has 0 radical (unpaired) electrons. The Morgan fingerprint density at radius 2 is 2.21 bits per heavy atom. The summed E-state index contributed by atoms with van der Waals surface area (Å²) in [5.41, 5.74) is 5.75. The second-order valence-corrected chi connectivity index (χ2v) is 4.74. The van der Waals surface area contributed by atoms with Crippen LogP contribution >= 0.6 is 0 Å². The van der Waals surface area contributed by atoms with E-state index in [0.717, 1.165) is 25.8 Å². The molecule has 2 N–H and O–H groups in total. The Kier molecular flexibility index (Phi) is 3.42. The summed E-state index contributed by atoms with van der Waals surface area (Å²) < 4.78 is 5.45. The van der Waals surface area contributed by atoms with Crippen LogP contribution in [0.2, 0.25) is 0 Å². The maximum Gasteiger partial charge on any atom is 0.0622 e. The van der Waals surface area contributed by atoms with Crippen LogP contribution in [0.4, 0.5) is 0 Å². The fourth-order valence-corrected chi connectivity index (χ4v) is 2.70. The Morgan fingerprint density at radius 1 is 1.36 bits per heavy atom. The molecule has 0 amide bonds. The molecule has 3 heteroatoms. The number of likely N-dealkylation sites (tertiary alicyclic amines) is 1. The zero-order chi connectivity index (χ0) is 9.97. The average Bonchev–Trinajstić information content (AvgIpc) is 2.71. The van der Waals surface area contributed by atoms with E-state index < -0.39 is 0 Å². The summed E-state index contributed by atoms with van der Waals surface area (Å²) >= 11 is 0. The standard InChI is InChI=1S/C11H22N2O/c1-9-2-3-10(6-12)7-13(9)11-4-5-14-8-11/h9-11H,2-8,12H2,1H3. The molecule has 3 unspecified atom stereocenters. The third-order valence-electron chi connectivity index (χ3n) is 3.74. The van der Waals surface area contributed by atoms with Crippen LogP contribution in [0.1, 0.15) is 26.2 Å². The van der Waals surface area contributed by atoms with Gasteiger partial charge in [-0.1, -0.05) is 0 Å². The van der Waals surface area contributed by atoms with E-state index in [4.69, 9.17) is 10.5 Å². The first-order chi connectivity index (χ1) is 6.81. The smallest absolute Gasteiger partial charge is 0.0622 e. The monoisotopic (exact) mass is 198 g/mol. The lowest BCUT2D eigenvalue weighted by Crippen LogP contribution is -2.49. The van der Waals surface area contributed by atoms with Gasteiger partial charge in [0.25, 0.3) is 0 Å². The van der Waals surface area contributed by atoms with Crippen molar-refractivity contribution in [2.75, 3.05) is 26.3 Å². The third-order valence-corrected chi connectivity index (χ3v) is 3.74. The fourth-order valence-electron chi connectivity index (χ4n) is 2.70. The van der Waals surface area contributed by atoms with E-state index in [1.807, 2.05) is 0 Å². The predicted molar refractivity (Wildman–Crippen MR) is 57.2 cm³/mol. The van der Waals surface area contributed by atoms with Gasteiger partial charge in [0, 0.05) is 25.2 Å². The second-order valence-electron chi connectivity index (χ2n) is 4.74. The molecule has 0 saturated carbocycles. The van der Waals surface area contributed by atoms with Gasteiger partial charge in [-0.25, -0.2) is 0 Å². The van der Waals surface area contributed by atoms with Crippen molar-refractivity contribution in [3.63, 3.8) is 0 Å². The number of ether oxygens (including phenoxy) is 1. The molecule has 3 atom stereocenters. The van der Waals surface area contributed by atoms with Crippen LogP contribution in [0.3, 0.4) is 0 Å².